The third kappa shape index (κ3) is 5.28. The van der Waals surface area contributed by atoms with Crippen LogP contribution >= 0.6 is 0 Å². The van der Waals surface area contributed by atoms with Gasteiger partial charge in [0, 0.05) is 24.2 Å². The standard InChI is InChI=1S/C29H29NO5/c1-30(17-16-21-10-4-2-5-11-21)25(23(28(33)34)18-27(31)32)19-29(22-12-6-3-7-13-22)20-35-26-15-9-8-14-24(26)29/h2-15,18,25H,16-17,19-20H2,1H3,(H,31,32)(H,33,34)/b23-18+. The molecular weight excluding hydrogens is 442 g/mol. The normalized spacial score (nSPS) is 18.1. The fourth-order valence-corrected chi connectivity index (χ4v) is 4.92. The van der Waals surface area contributed by atoms with Crippen LogP contribution in [-0.2, 0) is 21.4 Å². The summed E-state index contributed by atoms with van der Waals surface area (Å²) < 4.78 is 6.10. The Hall–Kier alpha value is -3.90. The summed E-state index contributed by atoms with van der Waals surface area (Å²) in [7, 11) is 1.85. The number of carboxylic acids is 2. The number of likely N-dealkylation sites (N-methyl/N-ethyl adjacent to an activating group) is 1. The van der Waals surface area contributed by atoms with Crippen molar-refractivity contribution >= 4 is 11.9 Å². The summed E-state index contributed by atoms with van der Waals surface area (Å²) in [6, 6.07) is 27.0. The maximum absolute atomic E-state index is 12.3. The van der Waals surface area contributed by atoms with Crippen molar-refractivity contribution in [3.63, 3.8) is 0 Å². The zero-order chi connectivity index (χ0) is 24.8. The van der Waals surface area contributed by atoms with Gasteiger partial charge in [-0.1, -0.05) is 78.9 Å². The molecular formula is C29H29NO5. The molecule has 1 aliphatic heterocycles. The number of fused-ring (bicyclic) bond motifs is 1. The van der Waals surface area contributed by atoms with Gasteiger partial charge in [-0.25, -0.2) is 9.59 Å². The van der Waals surface area contributed by atoms with Crippen molar-refractivity contribution in [1.82, 2.24) is 4.90 Å². The Labute approximate surface area is 205 Å². The van der Waals surface area contributed by atoms with Crippen LogP contribution in [0.3, 0.4) is 0 Å². The van der Waals surface area contributed by atoms with Crippen LogP contribution in [0, 0.1) is 0 Å². The van der Waals surface area contributed by atoms with Crippen molar-refractivity contribution in [2.45, 2.75) is 24.3 Å². The molecule has 1 aliphatic rings. The molecule has 6 heteroatoms. The molecule has 3 aromatic carbocycles. The van der Waals surface area contributed by atoms with Crippen LogP contribution in [-0.4, -0.2) is 53.3 Å². The Balaban J connectivity index is 1.77. The molecule has 0 aliphatic carbocycles. The van der Waals surface area contributed by atoms with E-state index >= 15 is 0 Å². The highest BCUT2D eigenvalue weighted by Gasteiger charge is 2.45. The van der Waals surface area contributed by atoms with Crippen LogP contribution in [0.25, 0.3) is 0 Å². The van der Waals surface area contributed by atoms with E-state index in [0.717, 1.165) is 28.5 Å². The molecule has 2 N–H and O–H groups in total. The highest BCUT2D eigenvalue weighted by atomic mass is 16.5. The van der Waals surface area contributed by atoms with E-state index in [2.05, 4.69) is 0 Å². The summed E-state index contributed by atoms with van der Waals surface area (Å²) in [6.07, 6.45) is 1.89. The molecule has 0 aromatic heterocycles. The van der Waals surface area contributed by atoms with Crippen molar-refractivity contribution < 1.29 is 24.5 Å². The van der Waals surface area contributed by atoms with E-state index < -0.39 is 23.4 Å². The van der Waals surface area contributed by atoms with Crippen LogP contribution < -0.4 is 4.74 Å². The predicted molar refractivity (Wildman–Crippen MR) is 134 cm³/mol. The lowest BCUT2D eigenvalue weighted by atomic mass is 9.70. The minimum atomic E-state index is -1.28. The summed E-state index contributed by atoms with van der Waals surface area (Å²) in [4.78, 5) is 25.9. The van der Waals surface area contributed by atoms with Gasteiger partial charge < -0.3 is 14.9 Å². The lowest BCUT2D eigenvalue weighted by Crippen LogP contribution is -2.44. The average Bonchev–Trinajstić information content (AvgIpc) is 3.25. The Morgan fingerprint density at radius 1 is 0.971 bits per heavy atom. The van der Waals surface area contributed by atoms with E-state index in [0.29, 0.717) is 26.0 Å². The van der Waals surface area contributed by atoms with Gasteiger partial charge in [0.25, 0.3) is 0 Å². The first-order chi connectivity index (χ1) is 16.9. The van der Waals surface area contributed by atoms with Crippen molar-refractivity contribution in [2.75, 3.05) is 20.2 Å². The highest BCUT2D eigenvalue weighted by molar-refractivity contribution is 5.95. The minimum absolute atomic E-state index is 0.146. The molecule has 0 saturated heterocycles. The third-order valence-corrected chi connectivity index (χ3v) is 6.76. The SMILES string of the molecule is CN(CCc1ccccc1)C(CC1(c2ccccc2)COc2ccccc21)/C(=C\C(=O)O)C(=O)O. The monoisotopic (exact) mass is 471 g/mol. The second-order valence-electron chi connectivity index (χ2n) is 8.91. The second kappa shape index (κ2) is 10.6. The molecule has 2 unspecified atom stereocenters. The van der Waals surface area contributed by atoms with Gasteiger partial charge in [-0.05, 0) is 37.1 Å². The quantitative estimate of drug-likeness (QED) is 0.427. The zero-order valence-corrected chi connectivity index (χ0v) is 19.6. The molecule has 0 bridgehead atoms. The van der Waals surface area contributed by atoms with Gasteiger partial charge in [0.2, 0.25) is 0 Å². The summed E-state index contributed by atoms with van der Waals surface area (Å²) in [5, 5.41) is 19.5. The number of hydrogen-bond acceptors (Lipinski definition) is 4. The van der Waals surface area contributed by atoms with Gasteiger partial charge in [0.05, 0.1) is 11.0 Å². The van der Waals surface area contributed by atoms with Crippen LogP contribution in [0.2, 0.25) is 0 Å². The number of hydrogen-bond donors (Lipinski definition) is 2. The number of carbonyl (C=O) groups is 2. The Morgan fingerprint density at radius 2 is 1.60 bits per heavy atom. The van der Waals surface area contributed by atoms with Crippen LogP contribution in [0.5, 0.6) is 5.75 Å². The maximum atomic E-state index is 12.3. The largest absolute Gasteiger partial charge is 0.492 e. The maximum Gasteiger partial charge on any atom is 0.333 e. The first-order valence-corrected chi connectivity index (χ1v) is 11.6. The first-order valence-electron chi connectivity index (χ1n) is 11.6. The molecule has 0 spiro atoms. The van der Waals surface area contributed by atoms with Crippen LogP contribution in [0.1, 0.15) is 23.1 Å². The fraction of sp³-hybridized carbons (Fsp3) is 0.241. The Kier molecular flexibility index (Phi) is 7.32. The molecule has 3 aromatic rings. The average molecular weight is 472 g/mol. The third-order valence-electron chi connectivity index (χ3n) is 6.76. The molecule has 4 rings (SSSR count). The topological polar surface area (TPSA) is 87.1 Å². The van der Waals surface area contributed by atoms with E-state index in [4.69, 9.17) is 4.74 Å². The van der Waals surface area contributed by atoms with Crippen molar-refractivity contribution in [3.05, 3.63) is 113 Å². The van der Waals surface area contributed by atoms with E-state index in [1.807, 2.05) is 96.9 Å². The zero-order valence-electron chi connectivity index (χ0n) is 19.6. The number of ether oxygens (including phenoxy) is 1. The van der Waals surface area contributed by atoms with Gasteiger partial charge in [0.1, 0.15) is 12.4 Å². The van der Waals surface area contributed by atoms with Gasteiger partial charge >= 0.3 is 11.9 Å². The molecule has 0 amide bonds. The summed E-state index contributed by atoms with van der Waals surface area (Å²) >= 11 is 0. The highest BCUT2D eigenvalue weighted by Crippen LogP contribution is 2.47. The minimum Gasteiger partial charge on any atom is -0.492 e. The predicted octanol–water partition coefficient (Wildman–Crippen LogP) is 4.39. The summed E-state index contributed by atoms with van der Waals surface area (Å²) in [5.74, 6) is -1.75. The molecule has 35 heavy (non-hydrogen) atoms. The van der Waals surface area contributed by atoms with Gasteiger partial charge in [-0.15, -0.1) is 0 Å². The van der Waals surface area contributed by atoms with Gasteiger partial charge in [-0.3, -0.25) is 4.90 Å². The van der Waals surface area contributed by atoms with Crippen molar-refractivity contribution in [2.24, 2.45) is 0 Å². The molecule has 180 valence electrons. The van der Waals surface area contributed by atoms with Crippen LogP contribution in [0.15, 0.2) is 96.6 Å². The molecule has 0 radical (unpaired) electrons. The number of carboxylic acid groups (broad SMARTS) is 2. The number of aliphatic carboxylic acids is 2. The van der Waals surface area contributed by atoms with E-state index in [1.165, 1.54) is 0 Å². The number of nitrogens with zero attached hydrogens (tertiary/aromatic N) is 1. The summed E-state index contributed by atoms with van der Waals surface area (Å²) in [6.45, 7) is 0.908. The van der Waals surface area contributed by atoms with Crippen LogP contribution in [0.4, 0.5) is 0 Å². The van der Waals surface area contributed by atoms with E-state index in [1.54, 1.807) is 0 Å². The lowest BCUT2D eigenvalue weighted by Gasteiger charge is -2.37. The lowest BCUT2D eigenvalue weighted by molar-refractivity contribution is -0.135. The molecule has 2 atom stereocenters. The Morgan fingerprint density at radius 3 is 2.26 bits per heavy atom. The van der Waals surface area contributed by atoms with Crippen molar-refractivity contribution in [3.8, 4) is 5.75 Å². The summed E-state index contributed by atoms with van der Waals surface area (Å²) in [5.41, 5.74) is 2.34. The van der Waals surface area contributed by atoms with E-state index in [-0.39, 0.29) is 5.57 Å². The molecule has 0 saturated carbocycles. The van der Waals surface area contributed by atoms with Crippen molar-refractivity contribution in [1.29, 1.82) is 0 Å². The number of benzene rings is 3. The number of para-hydroxylation sites is 1. The number of rotatable bonds is 10. The molecule has 1 heterocycles. The molecule has 0 fully saturated rings. The van der Waals surface area contributed by atoms with Gasteiger partial charge in [-0.2, -0.15) is 0 Å². The molecule has 6 nitrogen and oxygen atoms in total. The smallest absolute Gasteiger partial charge is 0.333 e. The fourth-order valence-electron chi connectivity index (χ4n) is 4.92. The van der Waals surface area contributed by atoms with Gasteiger partial charge in [0.15, 0.2) is 0 Å². The Bertz CT molecular complexity index is 1210. The van der Waals surface area contributed by atoms with E-state index in [9.17, 15) is 19.8 Å². The first kappa shape index (κ1) is 24.2. The second-order valence-corrected chi connectivity index (χ2v) is 8.91.